The fraction of sp³-hybridized carbons (Fsp3) is 0.667. The van der Waals surface area contributed by atoms with Gasteiger partial charge >= 0.3 is 0 Å². The number of nitrogens with zero attached hydrogens (tertiary/aromatic N) is 4. The van der Waals surface area contributed by atoms with Crippen molar-refractivity contribution in [1.29, 1.82) is 0 Å². The maximum absolute atomic E-state index is 5.51. The fourth-order valence-corrected chi connectivity index (χ4v) is 4.00. The van der Waals surface area contributed by atoms with Crippen LogP contribution in [-0.2, 0) is 4.74 Å². The van der Waals surface area contributed by atoms with Gasteiger partial charge in [0.05, 0.1) is 17.4 Å². The van der Waals surface area contributed by atoms with Gasteiger partial charge in [0.1, 0.15) is 0 Å². The maximum Gasteiger partial charge on any atom is 0.155 e. The molecule has 1 atom stereocenters. The molecule has 2 aromatic rings. The largest absolute Gasteiger partial charge is 0.381 e. The number of aromatic nitrogens is 3. The summed E-state index contributed by atoms with van der Waals surface area (Å²) in [6.07, 6.45) is 8.31. The standard InChI is InChI=1S/C18H26N4O/c1-14-12-18-19-16(5-9-22(18)20-14)17-4-2-3-8-21(17)13-15-6-10-23-11-7-15/h5,9,12,15,17H,2-4,6-8,10-11,13H2,1H3. The SMILES string of the molecule is Cc1cc2nc(C3CCCCN3CC3CCOCC3)ccn2n1. The Labute approximate surface area is 137 Å². The second kappa shape index (κ2) is 6.57. The molecule has 23 heavy (non-hydrogen) atoms. The number of rotatable bonds is 3. The minimum Gasteiger partial charge on any atom is -0.381 e. The predicted molar refractivity (Wildman–Crippen MR) is 89.4 cm³/mol. The van der Waals surface area contributed by atoms with Crippen molar-refractivity contribution in [3.05, 3.63) is 29.7 Å². The van der Waals surface area contributed by atoms with E-state index >= 15 is 0 Å². The molecule has 1 unspecified atom stereocenters. The Bertz CT molecular complexity index is 662. The lowest BCUT2D eigenvalue weighted by Gasteiger charge is -2.38. The first-order valence-electron chi connectivity index (χ1n) is 8.94. The van der Waals surface area contributed by atoms with Crippen molar-refractivity contribution in [1.82, 2.24) is 19.5 Å². The van der Waals surface area contributed by atoms with Gasteiger partial charge in [-0.3, -0.25) is 4.90 Å². The summed E-state index contributed by atoms with van der Waals surface area (Å²) < 4.78 is 7.39. The van der Waals surface area contributed by atoms with Crippen molar-refractivity contribution in [2.75, 3.05) is 26.3 Å². The molecule has 2 aromatic heterocycles. The number of aryl methyl sites for hydroxylation is 1. The van der Waals surface area contributed by atoms with Crippen molar-refractivity contribution in [2.45, 2.75) is 45.1 Å². The summed E-state index contributed by atoms with van der Waals surface area (Å²) in [5.41, 5.74) is 3.21. The molecule has 2 aliphatic rings. The zero-order chi connectivity index (χ0) is 15.6. The van der Waals surface area contributed by atoms with Gasteiger partial charge in [0, 0.05) is 32.0 Å². The van der Waals surface area contributed by atoms with E-state index in [2.05, 4.69) is 28.3 Å². The van der Waals surface area contributed by atoms with Gasteiger partial charge in [0.15, 0.2) is 5.65 Å². The normalized spacial score (nSPS) is 24.3. The smallest absolute Gasteiger partial charge is 0.155 e. The van der Waals surface area contributed by atoms with E-state index in [-0.39, 0.29) is 0 Å². The monoisotopic (exact) mass is 314 g/mol. The van der Waals surface area contributed by atoms with Crippen molar-refractivity contribution in [3.63, 3.8) is 0 Å². The van der Waals surface area contributed by atoms with Crippen LogP contribution < -0.4 is 0 Å². The van der Waals surface area contributed by atoms with Gasteiger partial charge in [0.25, 0.3) is 0 Å². The van der Waals surface area contributed by atoms with E-state index in [0.717, 1.165) is 30.5 Å². The van der Waals surface area contributed by atoms with Crippen LogP contribution >= 0.6 is 0 Å². The van der Waals surface area contributed by atoms with Crippen LogP contribution in [0.1, 0.15) is 49.5 Å². The molecule has 2 fully saturated rings. The number of piperidine rings is 1. The Morgan fingerprint density at radius 2 is 2.09 bits per heavy atom. The molecule has 0 radical (unpaired) electrons. The zero-order valence-electron chi connectivity index (χ0n) is 13.9. The third-order valence-corrected chi connectivity index (χ3v) is 5.26. The molecule has 5 nitrogen and oxygen atoms in total. The topological polar surface area (TPSA) is 42.7 Å². The second-order valence-electron chi connectivity index (χ2n) is 7.00. The zero-order valence-corrected chi connectivity index (χ0v) is 13.9. The van der Waals surface area contributed by atoms with Gasteiger partial charge in [-0.1, -0.05) is 6.42 Å². The van der Waals surface area contributed by atoms with E-state index in [0.29, 0.717) is 6.04 Å². The Balaban J connectivity index is 1.55. The van der Waals surface area contributed by atoms with E-state index < -0.39 is 0 Å². The molecule has 4 rings (SSSR count). The molecule has 0 N–H and O–H groups in total. The summed E-state index contributed by atoms with van der Waals surface area (Å²) >= 11 is 0. The molecule has 0 bridgehead atoms. The number of hydrogen-bond acceptors (Lipinski definition) is 4. The average molecular weight is 314 g/mol. The number of fused-ring (bicyclic) bond motifs is 1. The van der Waals surface area contributed by atoms with E-state index in [1.807, 2.05) is 11.4 Å². The highest BCUT2D eigenvalue weighted by Crippen LogP contribution is 2.32. The van der Waals surface area contributed by atoms with Crippen LogP contribution in [0.3, 0.4) is 0 Å². The number of hydrogen-bond donors (Lipinski definition) is 0. The lowest BCUT2D eigenvalue weighted by atomic mass is 9.94. The molecule has 0 amide bonds. The lowest BCUT2D eigenvalue weighted by molar-refractivity contribution is 0.0377. The Hall–Kier alpha value is -1.46. The molecule has 124 valence electrons. The Morgan fingerprint density at radius 1 is 1.22 bits per heavy atom. The fourth-order valence-electron chi connectivity index (χ4n) is 4.00. The molecule has 5 heteroatoms. The quantitative estimate of drug-likeness (QED) is 0.873. The molecule has 0 aromatic carbocycles. The molecule has 2 aliphatic heterocycles. The van der Waals surface area contributed by atoms with Crippen LogP contribution in [0.4, 0.5) is 0 Å². The third kappa shape index (κ3) is 3.26. The molecule has 2 saturated heterocycles. The summed E-state index contributed by atoms with van der Waals surface area (Å²) in [5.74, 6) is 0.783. The first-order chi connectivity index (χ1) is 11.3. The van der Waals surface area contributed by atoms with Gasteiger partial charge < -0.3 is 4.74 Å². The first-order valence-corrected chi connectivity index (χ1v) is 8.94. The van der Waals surface area contributed by atoms with Crippen molar-refractivity contribution < 1.29 is 4.74 Å². The average Bonchev–Trinajstić information content (AvgIpc) is 2.95. The van der Waals surface area contributed by atoms with Crippen LogP contribution in [0.2, 0.25) is 0 Å². The van der Waals surface area contributed by atoms with Crippen LogP contribution in [0.25, 0.3) is 5.65 Å². The highest BCUT2D eigenvalue weighted by atomic mass is 16.5. The van der Waals surface area contributed by atoms with E-state index in [1.165, 1.54) is 50.9 Å². The molecule has 0 aliphatic carbocycles. The van der Waals surface area contributed by atoms with Gasteiger partial charge in [-0.05, 0) is 51.1 Å². The molecule has 4 heterocycles. The van der Waals surface area contributed by atoms with E-state index in [4.69, 9.17) is 9.72 Å². The molecular weight excluding hydrogens is 288 g/mol. The summed E-state index contributed by atoms with van der Waals surface area (Å²) in [7, 11) is 0. The van der Waals surface area contributed by atoms with Crippen LogP contribution in [0, 0.1) is 12.8 Å². The van der Waals surface area contributed by atoms with Crippen molar-refractivity contribution in [3.8, 4) is 0 Å². The van der Waals surface area contributed by atoms with Gasteiger partial charge in [-0.15, -0.1) is 0 Å². The Morgan fingerprint density at radius 3 is 2.96 bits per heavy atom. The summed E-state index contributed by atoms with van der Waals surface area (Å²) in [5, 5.41) is 4.44. The van der Waals surface area contributed by atoms with E-state index in [1.54, 1.807) is 0 Å². The third-order valence-electron chi connectivity index (χ3n) is 5.26. The minimum absolute atomic E-state index is 0.465. The Kier molecular flexibility index (Phi) is 4.31. The minimum atomic E-state index is 0.465. The highest BCUT2D eigenvalue weighted by molar-refractivity contribution is 5.39. The van der Waals surface area contributed by atoms with Crippen molar-refractivity contribution in [2.24, 2.45) is 5.92 Å². The molecule has 0 saturated carbocycles. The molecule has 0 spiro atoms. The van der Waals surface area contributed by atoms with Crippen molar-refractivity contribution >= 4 is 5.65 Å². The highest BCUT2D eigenvalue weighted by Gasteiger charge is 2.28. The number of likely N-dealkylation sites (tertiary alicyclic amines) is 1. The predicted octanol–water partition coefficient (Wildman–Crippen LogP) is 2.99. The molecular formula is C18H26N4O. The number of ether oxygens (including phenoxy) is 1. The summed E-state index contributed by atoms with van der Waals surface area (Å²) in [4.78, 5) is 7.57. The summed E-state index contributed by atoms with van der Waals surface area (Å²) in [6.45, 7) is 6.28. The van der Waals surface area contributed by atoms with Crippen LogP contribution in [0.15, 0.2) is 18.3 Å². The van der Waals surface area contributed by atoms with Gasteiger partial charge in [-0.25, -0.2) is 9.50 Å². The first kappa shape index (κ1) is 15.1. The van der Waals surface area contributed by atoms with E-state index in [9.17, 15) is 0 Å². The van der Waals surface area contributed by atoms with Gasteiger partial charge in [-0.2, -0.15) is 5.10 Å². The maximum atomic E-state index is 5.51. The lowest BCUT2D eigenvalue weighted by Crippen LogP contribution is -2.38. The summed E-state index contributed by atoms with van der Waals surface area (Å²) in [6, 6.07) is 4.69. The van der Waals surface area contributed by atoms with Crippen LogP contribution in [-0.4, -0.2) is 45.8 Å². The van der Waals surface area contributed by atoms with Crippen LogP contribution in [0.5, 0.6) is 0 Å². The second-order valence-corrected chi connectivity index (χ2v) is 7.00. The van der Waals surface area contributed by atoms with Gasteiger partial charge in [0.2, 0.25) is 0 Å².